The van der Waals surface area contributed by atoms with Crippen molar-refractivity contribution in [3.8, 4) is 5.75 Å². The SMILES string of the molecule is CC=Cc1ccc2ncccc2c1OC(C)=CC. The Hall–Kier alpha value is -2.09. The minimum atomic E-state index is 0.870. The molecule has 0 bridgehead atoms. The van der Waals surface area contributed by atoms with Crippen molar-refractivity contribution >= 4 is 17.0 Å². The predicted octanol–water partition coefficient (Wildman–Crippen LogP) is 4.57. The highest BCUT2D eigenvalue weighted by atomic mass is 16.5. The second-order valence-electron chi connectivity index (χ2n) is 4.06. The molecule has 2 rings (SSSR count). The highest BCUT2D eigenvalue weighted by Gasteiger charge is 2.08. The molecule has 0 N–H and O–H groups in total. The second kappa shape index (κ2) is 5.50. The van der Waals surface area contributed by atoms with Crippen LogP contribution in [0.2, 0.25) is 0 Å². The van der Waals surface area contributed by atoms with E-state index in [9.17, 15) is 0 Å². The summed E-state index contributed by atoms with van der Waals surface area (Å²) >= 11 is 0. The van der Waals surface area contributed by atoms with Crippen LogP contribution in [0.1, 0.15) is 26.3 Å². The minimum absolute atomic E-state index is 0.870. The maximum atomic E-state index is 5.93. The van der Waals surface area contributed by atoms with Crippen LogP contribution in [0.25, 0.3) is 17.0 Å². The fraction of sp³-hybridized carbons (Fsp3) is 0.188. The van der Waals surface area contributed by atoms with E-state index in [4.69, 9.17) is 4.74 Å². The van der Waals surface area contributed by atoms with Gasteiger partial charge in [-0.3, -0.25) is 4.98 Å². The Morgan fingerprint density at radius 3 is 2.78 bits per heavy atom. The normalized spacial score (nSPS) is 12.3. The van der Waals surface area contributed by atoms with Crippen molar-refractivity contribution in [2.24, 2.45) is 0 Å². The molecule has 0 saturated heterocycles. The van der Waals surface area contributed by atoms with E-state index >= 15 is 0 Å². The predicted molar refractivity (Wildman–Crippen MR) is 76.5 cm³/mol. The summed E-state index contributed by atoms with van der Waals surface area (Å²) in [6, 6.07) is 8.02. The van der Waals surface area contributed by atoms with Gasteiger partial charge >= 0.3 is 0 Å². The van der Waals surface area contributed by atoms with Crippen LogP contribution in [0, 0.1) is 0 Å². The minimum Gasteiger partial charge on any atom is -0.461 e. The number of nitrogens with zero attached hydrogens (tertiary/aromatic N) is 1. The number of rotatable bonds is 3. The molecule has 0 aliphatic rings. The van der Waals surface area contributed by atoms with Crippen LogP contribution in [0.15, 0.2) is 48.4 Å². The fourth-order valence-electron chi connectivity index (χ4n) is 1.79. The van der Waals surface area contributed by atoms with Crippen molar-refractivity contribution < 1.29 is 4.74 Å². The smallest absolute Gasteiger partial charge is 0.143 e. The molecule has 1 aromatic carbocycles. The summed E-state index contributed by atoms with van der Waals surface area (Å²) in [6.45, 7) is 5.92. The Labute approximate surface area is 108 Å². The molecule has 0 atom stereocenters. The third kappa shape index (κ3) is 2.43. The average molecular weight is 239 g/mol. The lowest BCUT2D eigenvalue weighted by atomic mass is 10.1. The first kappa shape index (κ1) is 12.4. The van der Waals surface area contributed by atoms with Gasteiger partial charge in [0, 0.05) is 17.1 Å². The third-order valence-electron chi connectivity index (χ3n) is 2.78. The molecule has 0 aliphatic carbocycles. The van der Waals surface area contributed by atoms with E-state index in [-0.39, 0.29) is 0 Å². The van der Waals surface area contributed by atoms with Crippen LogP contribution in [0.4, 0.5) is 0 Å². The number of fused-ring (bicyclic) bond motifs is 1. The van der Waals surface area contributed by atoms with Crippen molar-refractivity contribution in [3.63, 3.8) is 0 Å². The summed E-state index contributed by atoms with van der Waals surface area (Å²) in [4.78, 5) is 4.35. The lowest BCUT2D eigenvalue weighted by Crippen LogP contribution is -1.94. The molecule has 0 amide bonds. The van der Waals surface area contributed by atoms with Crippen molar-refractivity contribution in [2.45, 2.75) is 20.8 Å². The first-order valence-corrected chi connectivity index (χ1v) is 6.07. The number of hydrogen-bond acceptors (Lipinski definition) is 2. The molecule has 0 aliphatic heterocycles. The zero-order chi connectivity index (χ0) is 13.0. The van der Waals surface area contributed by atoms with E-state index in [1.54, 1.807) is 6.20 Å². The van der Waals surface area contributed by atoms with Gasteiger partial charge in [-0.05, 0) is 51.1 Å². The number of aromatic nitrogens is 1. The van der Waals surface area contributed by atoms with E-state index < -0.39 is 0 Å². The van der Waals surface area contributed by atoms with E-state index in [1.165, 1.54) is 0 Å². The maximum Gasteiger partial charge on any atom is 0.143 e. The van der Waals surface area contributed by atoms with Gasteiger partial charge in [-0.2, -0.15) is 0 Å². The lowest BCUT2D eigenvalue weighted by molar-refractivity contribution is 0.430. The van der Waals surface area contributed by atoms with E-state index in [0.717, 1.165) is 28.0 Å². The summed E-state index contributed by atoms with van der Waals surface area (Å²) in [6.07, 6.45) is 7.80. The molecule has 0 spiro atoms. The average Bonchev–Trinajstić information content (AvgIpc) is 2.41. The number of ether oxygens (including phenoxy) is 1. The molecule has 0 saturated carbocycles. The van der Waals surface area contributed by atoms with Crippen LogP contribution < -0.4 is 4.74 Å². The Balaban J connectivity index is 2.66. The molecule has 1 heterocycles. The zero-order valence-electron chi connectivity index (χ0n) is 11.0. The number of allylic oxidation sites excluding steroid dienone is 3. The van der Waals surface area contributed by atoms with Gasteiger partial charge in [-0.1, -0.05) is 12.2 Å². The highest BCUT2D eigenvalue weighted by Crippen LogP contribution is 2.31. The van der Waals surface area contributed by atoms with Gasteiger partial charge in [0.25, 0.3) is 0 Å². The van der Waals surface area contributed by atoms with Gasteiger partial charge in [-0.15, -0.1) is 0 Å². The standard InChI is InChI=1S/C16H17NO/c1-4-7-13-9-10-15-14(8-6-11-17-15)16(13)18-12(3)5-2/h4-11H,1-3H3. The monoisotopic (exact) mass is 239 g/mol. The van der Waals surface area contributed by atoms with E-state index in [2.05, 4.69) is 4.98 Å². The first-order valence-electron chi connectivity index (χ1n) is 6.07. The molecule has 2 heteroatoms. The summed E-state index contributed by atoms with van der Waals surface area (Å²) in [5, 5.41) is 1.04. The van der Waals surface area contributed by atoms with Gasteiger partial charge in [-0.25, -0.2) is 0 Å². The van der Waals surface area contributed by atoms with Crippen molar-refractivity contribution in [2.75, 3.05) is 0 Å². The zero-order valence-corrected chi connectivity index (χ0v) is 11.0. The lowest BCUT2D eigenvalue weighted by Gasteiger charge is -2.12. The molecule has 0 unspecified atom stereocenters. The summed E-state index contributed by atoms with van der Waals surface area (Å²) in [7, 11) is 0. The van der Waals surface area contributed by atoms with Gasteiger partial charge in [0.2, 0.25) is 0 Å². The van der Waals surface area contributed by atoms with Gasteiger partial charge < -0.3 is 4.74 Å². The van der Waals surface area contributed by atoms with Crippen molar-refractivity contribution in [3.05, 3.63) is 53.9 Å². The van der Waals surface area contributed by atoms with Crippen LogP contribution in [0.3, 0.4) is 0 Å². The van der Waals surface area contributed by atoms with E-state index in [1.807, 2.05) is 63.3 Å². The Kier molecular flexibility index (Phi) is 3.78. The van der Waals surface area contributed by atoms with Gasteiger partial charge in [0.15, 0.2) is 0 Å². The van der Waals surface area contributed by atoms with Crippen LogP contribution >= 0.6 is 0 Å². The topological polar surface area (TPSA) is 22.1 Å². The summed E-state index contributed by atoms with van der Waals surface area (Å²) in [5.74, 6) is 1.76. The molecular formula is C16H17NO. The number of hydrogen-bond donors (Lipinski definition) is 0. The Morgan fingerprint density at radius 2 is 2.06 bits per heavy atom. The Bertz CT molecular complexity index is 612. The first-order chi connectivity index (χ1) is 8.76. The molecule has 0 fully saturated rings. The van der Waals surface area contributed by atoms with Crippen molar-refractivity contribution in [1.82, 2.24) is 4.98 Å². The molecule has 2 nitrogen and oxygen atoms in total. The second-order valence-corrected chi connectivity index (χ2v) is 4.06. The van der Waals surface area contributed by atoms with E-state index in [0.29, 0.717) is 0 Å². The molecule has 0 radical (unpaired) electrons. The maximum absolute atomic E-state index is 5.93. The Morgan fingerprint density at radius 1 is 1.22 bits per heavy atom. The molecule has 2 aromatic rings. The third-order valence-corrected chi connectivity index (χ3v) is 2.78. The van der Waals surface area contributed by atoms with Crippen LogP contribution in [0.5, 0.6) is 5.75 Å². The van der Waals surface area contributed by atoms with Crippen LogP contribution in [-0.4, -0.2) is 4.98 Å². The number of pyridine rings is 1. The molecular weight excluding hydrogens is 222 g/mol. The summed E-state index contributed by atoms with van der Waals surface area (Å²) in [5.41, 5.74) is 2.02. The quantitative estimate of drug-likeness (QED) is 0.732. The van der Waals surface area contributed by atoms with Crippen molar-refractivity contribution in [1.29, 1.82) is 0 Å². The summed E-state index contributed by atoms with van der Waals surface area (Å²) < 4.78 is 5.93. The van der Waals surface area contributed by atoms with Gasteiger partial charge in [0.05, 0.1) is 11.3 Å². The number of benzene rings is 1. The fourth-order valence-corrected chi connectivity index (χ4v) is 1.79. The highest BCUT2D eigenvalue weighted by molar-refractivity contribution is 5.89. The van der Waals surface area contributed by atoms with Crippen LogP contribution in [-0.2, 0) is 0 Å². The largest absolute Gasteiger partial charge is 0.461 e. The molecule has 1 aromatic heterocycles. The molecule has 92 valence electrons. The van der Waals surface area contributed by atoms with Gasteiger partial charge in [0.1, 0.15) is 5.75 Å². The molecule has 18 heavy (non-hydrogen) atoms.